The predicted octanol–water partition coefficient (Wildman–Crippen LogP) is 0.204. The van der Waals surface area contributed by atoms with E-state index in [0.717, 1.165) is 11.1 Å². The van der Waals surface area contributed by atoms with Crippen LogP contribution in [0.25, 0.3) is 11.0 Å². The number of nitrogens with one attached hydrogen (secondary N) is 2. The van der Waals surface area contributed by atoms with Crippen LogP contribution in [0.2, 0.25) is 0 Å². The summed E-state index contributed by atoms with van der Waals surface area (Å²) in [6.45, 7) is 5.23. The molecule has 0 unspecified atom stereocenters. The third kappa shape index (κ3) is 4.81. The lowest BCUT2D eigenvalue weighted by molar-refractivity contribution is 0.0945. The van der Waals surface area contributed by atoms with Crippen molar-refractivity contribution < 1.29 is 4.79 Å². The number of aromatic nitrogens is 3. The highest BCUT2D eigenvalue weighted by molar-refractivity contribution is 5.94. The van der Waals surface area contributed by atoms with Gasteiger partial charge in [0.1, 0.15) is 11.3 Å². The summed E-state index contributed by atoms with van der Waals surface area (Å²) in [5.41, 5.74) is -0.536. The van der Waals surface area contributed by atoms with Crippen LogP contribution in [0.4, 0.5) is 0 Å². The first-order chi connectivity index (χ1) is 10.9. The number of halogens is 2. The zero-order valence-electron chi connectivity index (χ0n) is 14.5. The molecule has 2 N–H and O–H groups in total. The van der Waals surface area contributed by atoms with Crippen molar-refractivity contribution in [3.8, 4) is 0 Å². The summed E-state index contributed by atoms with van der Waals surface area (Å²) in [5, 5.41) is 6.26. The monoisotopic (exact) mass is 391 g/mol. The highest BCUT2D eigenvalue weighted by atomic mass is 35.5. The normalized spacial score (nSPS) is 11.4. The molecule has 8 nitrogen and oxygen atoms in total. The maximum Gasteiger partial charge on any atom is 0.332 e. The molecule has 1 amide bonds. The standard InChI is InChI=1S/C15H21N5O3.2ClH/c1-5-16-9(2)8-17-13(21)11-7-6-10-12(18-11)19(3)15(23)20(4)14(10)22;;/h6-7,9,16H,5,8H2,1-4H3,(H,17,21);2*1H/t9-;;/m1../s1. The van der Waals surface area contributed by atoms with Crippen molar-refractivity contribution in [2.75, 3.05) is 13.1 Å². The van der Waals surface area contributed by atoms with E-state index in [-0.39, 0.29) is 48.1 Å². The van der Waals surface area contributed by atoms with E-state index in [1.54, 1.807) is 0 Å². The molecular formula is C15H23Cl2N5O3. The summed E-state index contributed by atoms with van der Waals surface area (Å²) in [7, 11) is 2.93. The number of nitrogens with zero attached hydrogens (tertiary/aromatic N) is 3. The first-order valence-corrected chi connectivity index (χ1v) is 7.45. The quantitative estimate of drug-likeness (QED) is 0.758. The molecule has 0 aromatic carbocycles. The number of rotatable bonds is 5. The fourth-order valence-corrected chi connectivity index (χ4v) is 2.34. The molecule has 0 saturated carbocycles. The SMILES string of the molecule is CCN[C@H](C)CNC(=O)c1ccc2c(=O)n(C)c(=O)n(C)c2n1.Cl.Cl. The van der Waals surface area contributed by atoms with Gasteiger partial charge in [0.15, 0.2) is 0 Å². The second-order valence-corrected chi connectivity index (χ2v) is 5.44. The van der Waals surface area contributed by atoms with Gasteiger partial charge in [0.2, 0.25) is 0 Å². The highest BCUT2D eigenvalue weighted by Gasteiger charge is 2.14. The van der Waals surface area contributed by atoms with Crippen molar-refractivity contribution in [2.45, 2.75) is 19.9 Å². The topological polar surface area (TPSA) is 98.0 Å². The lowest BCUT2D eigenvalue weighted by Gasteiger charge is -2.13. The molecule has 1 atom stereocenters. The third-order valence-electron chi connectivity index (χ3n) is 3.66. The van der Waals surface area contributed by atoms with Crippen molar-refractivity contribution >= 4 is 41.8 Å². The Kier molecular flexibility index (Phi) is 8.82. The van der Waals surface area contributed by atoms with E-state index >= 15 is 0 Å². The molecular weight excluding hydrogens is 369 g/mol. The third-order valence-corrected chi connectivity index (χ3v) is 3.66. The summed E-state index contributed by atoms with van der Waals surface area (Å²) >= 11 is 0. The van der Waals surface area contributed by atoms with Gasteiger partial charge in [-0.3, -0.25) is 18.7 Å². The van der Waals surface area contributed by atoms with E-state index in [9.17, 15) is 14.4 Å². The second kappa shape index (κ2) is 9.55. The Morgan fingerprint density at radius 3 is 2.44 bits per heavy atom. The maximum absolute atomic E-state index is 12.2. The number of hydrogen-bond donors (Lipinski definition) is 2. The van der Waals surface area contributed by atoms with Gasteiger partial charge < -0.3 is 10.6 Å². The van der Waals surface area contributed by atoms with Crippen molar-refractivity contribution in [3.05, 3.63) is 38.7 Å². The van der Waals surface area contributed by atoms with Crippen LogP contribution in [0.1, 0.15) is 24.3 Å². The fourth-order valence-electron chi connectivity index (χ4n) is 2.34. The molecule has 0 bridgehead atoms. The van der Waals surface area contributed by atoms with E-state index in [2.05, 4.69) is 15.6 Å². The highest BCUT2D eigenvalue weighted by Crippen LogP contribution is 2.06. The van der Waals surface area contributed by atoms with Gasteiger partial charge in [0, 0.05) is 26.7 Å². The number of hydrogen-bond acceptors (Lipinski definition) is 5. The Morgan fingerprint density at radius 1 is 1.20 bits per heavy atom. The summed E-state index contributed by atoms with van der Waals surface area (Å²) < 4.78 is 2.27. The lowest BCUT2D eigenvalue weighted by Crippen LogP contribution is -2.39. The molecule has 2 aromatic rings. The van der Waals surface area contributed by atoms with Crippen molar-refractivity contribution in [1.29, 1.82) is 0 Å². The van der Waals surface area contributed by atoms with Crippen LogP contribution < -0.4 is 21.9 Å². The molecule has 0 aliphatic carbocycles. The van der Waals surface area contributed by atoms with E-state index in [1.165, 1.54) is 30.8 Å². The smallest absolute Gasteiger partial charge is 0.332 e. The van der Waals surface area contributed by atoms with E-state index < -0.39 is 11.2 Å². The zero-order valence-corrected chi connectivity index (χ0v) is 16.2. The molecule has 25 heavy (non-hydrogen) atoms. The molecule has 140 valence electrons. The van der Waals surface area contributed by atoms with Gasteiger partial charge in [-0.1, -0.05) is 6.92 Å². The van der Waals surface area contributed by atoms with Crippen molar-refractivity contribution in [2.24, 2.45) is 14.1 Å². The molecule has 10 heteroatoms. The minimum absolute atomic E-state index is 0. The predicted molar refractivity (Wildman–Crippen MR) is 102 cm³/mol. The molecule has 0 fully saturated rings. The van der Waals surface area contributed by atoms with Crippen LogP contribution in [0, 0.1) is 0 Å². The summed E-state index contributed by atoms with van der Waals surface area (Å²) in [6, 6.07) is 3.15. The minimum Gasteiger partial charge on any atom is -0.349 e. The van der Waals surface area contributed by atoms with Gasteiger partial charge >= 0.3 is 5.69 Å². The maximum atomic E-state index is 12.2. The first-order valence-electron chi connectivity index (χ1n) is 7.45. The van der Waals surface area contributed by atoms with Gasteiger partial charge in [-0.15, -0.1) is 24.8 Å². The Morgan fingerprint density at radius 2 is 1.84 bits per heavy atom. The van der Waals surface area contributed by atoms with Crippen LogP contribution in [0.3, 0.4) is 0 Å². The molecule has 2 aromatic heterocycles. The lowest BCUT2D eigenvalue weighted by atomic mass is 10.2. The molecule has 0 spiro atoms. The molecule has 0 radical (unpaired) electrons. The average molecular weight is 392 g/mol. The Labute approximate surface area is 157 Å². The van der Waals surface area contributed by atoms with Crippen molar-refractivity contribution in [1.82, 2.24) is 24.8 Å². The fraction of sp³-hybridized carbons (Fsp3) is 0.467. The summed E-state index contributed by atoms with van der Waals surface area (Å²) in [4.78, 5) is 40.4. The Balaban J connectivity index is 0.00000288. The number of likely N-dealkylation sites (N-methyl/N-ethyl adjacent to an activating group) is 1. The van der Waals surface area contributed by atoms with Gasteiger partial charge in [0.25, 0.3) is 11.5 Å². The van der Waals surface area contributed by atoms with E-state index in [4.69, 9.17) is 0 Å². The number of carbonyl (C=O) groups is 1. The van der Waals surface area contributed by atoms with E-state index in [1.807, 2.05) is 13.8 Å². The molecule has 0 saturated heterocycles. The van der Waals surface area contributed by atoms with E-state index in [0.29, 0.717) is 11.9 Å². The Bertz CT molecular complexity index is 863. The minimum atomic E-state index is -0.478. The average Bonchev–Trinajstić information content (AvgIpc) is 2.55. The van der Waals surface area contributed by atoms with Crippen LogP contribution in [0.5, 0.6) is 0 Å². The number of fused-ring (bicyclic) bond motifs is 1. The second-order valence-electron chi connectivity index (χ2n) is 5.44. The number of pyridine rings is 1. The number of aryl methyl sites for hydroxylation is 1. The number of amides is 1. The van der Waals surface area contributed by atoms with Gasteiger partial charge in [-0.25, -0.2) is 9.78 Å². The van der Waals surface area contributed by atoms with Crippen LogP contribution >= 0.6 is 24.8 Å². The molecule has 2 heterocycles. The zero-order chi connectivity index (χ0) is 17.1. The Hall–Kier alpha value is -1.90. The summed E-state index contributed by atoms with van der Waals surface area (Å²) in [5.74, 6) is -0.343. The molecule has 2 rings (SSSR count). The van der Waals surface area contributed by atoms with Crippen LogP contribution in [-0.4, -0.2) is 39.2 Å². The first kappa shape index (κ1) is 23.1. The largest absolute Gasteiger partial charge is 0.349 e. The molecule has 0 aliphatic rings. The van der Waals surface area contributed by atoms with Crippen LogP contribution in [-0.2, 0) is 14.1 Å². The van der Waals surface area contributed by atoms with Gasteiger partial charge in [-0.2, -0.15) is 0 Å². The van der Waals surface area contributed by atoms with Crippen molar-refractivity contribution in [3.63, 3.8) is 0 Å². The van der Waals surface area contributed by atoms with Crippen LogP contribution in [0.15, 0.2) is 21.7 Å². The summed E-state index contributed by atoms with van der Waals surface area (Å²) in [6.07, 6.45) is 0. The van der Waals surface area contributed by atoms with Gasteiger partial charge in [0.05, 0.1) is 5.39 Å². The number of carbonyl (C=O) groups excluding carboxylic acids is 1. The molecule has 0 aliphatic heterocycles. The van der Waals surface area contributed by atoms with Gasteiger partial charge in [-0.05, 0) is 25.6 Å².